The summed E-state index contributed by atoms with van der Waals surface area (Å²) in [6.07, 6.45) is 2.34. The van der Waals surface area contributed by atoms with Crippen LogP contribution in [0.5, 0.6) is 5.88 Å². The summed E-state index contributed by atoms with van der Waals surface area (Å²) in [6.45, 7) is 4.50. The Balaban J connectivity index is 2.52. The van der Waals surface area contributed by atoms with E-state index in [0.29, 0.717) is 18.1 Å². The summed E-state index contributed by atoms with van der Waals surface area (Å²) >= 11 is 0. The van der Waals surface area contributed by atoms with Crippen LogP contribution in [0.25, 0.3) is 0 Å². The molecule has 17 heavy (non-hydrogen) atoms. The first-order chi connectivity index (χ1) is 7.94. The lowest BCUT2D eigenvalue weighted by molar-refractivity contribution is 0.00508. The van der Waals surface area contributed by atoms with Gasteiger partial charge in [0, 0.05) is 31.4 Å². The van der Waals surface area contributed by atoms with Crippen molar-refractivity contribution in [3.63, 3.8) is 0 Å². The fourth-order valence-corrected chi connectivity index (χ4v) is 1.16. The zero-order chi connectivity index (χ0) is 12.9. The Labute approximate surface area is 101 Å². The van der Waals surface area contributed by atoms with Gasteiger partial charge in [-0.3, -0.25) is 5.41 Å². The molecule has 0 aliphatic rings. The van der Waals surface area contributed by atoms with Gasteiger partial charge >= 0.3 is 0 Å². The van der Waals surface area contributed by atoms with E-state index >= 15 is 0 Å². The van der Waals surface area contributed by atoms with Crippen LogP contribution >= 0.6 is 0 Å². The van der Waals surface area contributed by atoms with Crippen LogP contribution in [0.3, 0.4) is 0 Å². The summed E-state index contributed by atoms with van der Waals surface area (Å²) in [4.78, 5) is 4.05. The average Bonchev–Trinajstić information content (AvgIpc) is 2.29. The molecule has 0 saturated heterocycles. The molecule has 0 amide bonds. The Hall–Kier alpha value is -1.62. The number of methoxy groups -OCH3 is 1. The summed E-state index contributed by atoms with van der Waals surface area (Å²) in [5.74, 6) is 0.485. The van der Waals surface area contributed by atoms with Gasteiger partial charge in [-0.1, -0.05) is 0 Å². The molecule has 0 atom stereocenters. The normalized spacial score (nSPS) is 11.2. The van der Waals surface area contributed by atoms with Gasteiger partial charge in [0.05, 0.1) is 12.2 Å². The summed E-state index contributed by atoms with van der Waals surface area (Å²) in [5, 5.41) is 7.31. The third-order valence-corrected chi connectivity index (χ3v) is 2.55. The minimum atomic E-state index is -0.210. The van der Waals surface area contributed by atoms with Crippen molar-refractivity contribution < 1.29 is 9.47 Å². The van der Waals surface area contributed by atoms with Crippen LogP contribution in [-0.4, -0.2) is 30.1 Å². The predicted molar refractivity (Wildman–Crippen MR) is 66.5 cm³/mol. The molecule has 3 N–H and O–H groups in total. The standard InChI is InChI=1S/C12H19N3O2/c1-12(2,16-3)5-7-17-10-8-9(11(13)14)4-6-15-10/h4,6,8H,5,7H2,1-3H3,(H3,13,14). The van der Waals surface area contributed by atoms with Crippen molar-refractivity contribution in [3.8, 4) is 5.88 Å². The second kappa shape index (κ2) is 5.63. The highest BCUT2D eigenvalue weighted by Crippen LogP contribution is 2.14. The minimum Gasteiger partial charge on any atom is -0.478 e. The topological polar surface area (TPSA) is 81.2 Å². The van der Waals surface area contributed by atoms with Gasteiger partial charge in [0.1, 0.15) is 5.84 Å². The number of ether oxygens (including phenoxy) is 2. The number of rotatable bonds is 6. The Morgan fingerprint density at radius 2 is 2.24 bits per heavy atom. The fourth-order valence-electron chi connectivity index (χ4n) is 1.16. The molecular formula is C12H19N3O2. The number of nitrogens with zero attached hydrogens (tertiary/aromatic N) is 1. The predicted octanol–water partition coefficient (Wildman–Crippen LogP) is 1.56. The van der Waals surface area contributed by atoms with Gasteiger partial charge in [0.2, 0.25) is 5.88 Å². The quantitative estimate of drug-likeness (QED) is 0.581. The van der Waals surface area contributed by atoms with Crippen LogP contribution in [0.15, 0.2) is 18.3 Å². The van der Waals surface area contributed by atoms with E-state index < -0.39 is 0 Å². The Kier molecular flexibility index (Phi) is 4.45. The molecule has 0 radical (unpaired) electrons. The van der Waals surface area contributed by atoms with E-state index in [1.54, 1.807) is 25.4 Å². The van der Waals surface area contributed by atoms with Gasteiger partial charge in [-0.15, -0.1) is 0 Å². The second-order valence-corrected chi connectivity index (χ2v) is 4.36. The molecule has 0 unspecified atom stereocenters. The molecule has 1 rings (SSSR count). The smallest absolute Gasteiger partial charge is 0.213 e. The molecule has 0 aliphatic carbocycles. The highest BCUT2D eigenvalue weighted by molar-refractivity contribution is 5.95. The zero-order valence-electron chi connectivity index (χ0n) is 10.5. The van der Waals surface area contributed by atoms with Crippen LogP contribution in [0, 0.1) is 5.41 Å². The lowest BCUT2D eigenvalue weighted by Crippen LogP contribution is -2.25. The first kappa shape index (κ1) is 13.4. The van der Waals surface area contributed by atoms with Crippen molar-refractivity contribution in [2.75, 3.05) is 13.7 Å². The summed E-state index contributed by atoms with van der Waals surface area (Å²) in [6, 6.07) is 3.33. The maximum Gasteiger partial charge on any atom is 0.213 e. The van der Waals surface area contributed by atoms with Crippen molar-refractivity contribution >= 4 is 5.84 Å². The molecule has 0 aliphatic heterocycles. The first-order valence-corrected chi connectivity index (χ1v) is 5.43. The van der Waals surface area contributed by atoms with Gasteiger partial charge in [-0.2, -0.15) is 0 Å². The number of hydrogen-bond acceptors (Lipinski definition) is 4. The number of hydrogen-bond donors (Lipinski definition) is 2. The maximum absolute atomic E-state index is 7.31. The van der Waals surface area contributed by atoms with Gasteiger partial charge in [0.25, 0.3) is 0 Å². The van der Waals surface area contributed by atoms with Gasteiger partial charge in [0.15, 0.2) is 0 Å². The maximum atomic E-state index is 7.31. The number of nitrogens with two attached hydrogens (primary N) is 1. The lowest BCUT2D eigenvalue weighted by Gasteiger charge is -2.22. The molecule has 94 valence electrons. The van der Waals surface area contributed by atoms with E-state index in [0.717, 1.165) is 6.42 Å². The van der Waals surface area contributed by atoms with Crippen molar-refractivity contribution in [3.05, 3.63) is 23.9 Å². The van der Waals surface area contributed by atoms with Crippen LogP contribution in [0.4, 0.5) is 0 Å². The highest BCUT2D eigenvalue weighted by atomic mass is 16.5. The van der Waals surface area contributed by atoms with Crippen LogP contribution in [-0.2, 0) is 4.74 Å². The number of pyridine rings is 1. The van der Waals surface area contributed by atoms with Crippen molar-refractivity contribution in [1.29, 1.82) is 5.41 Å². The molecule has 1 heterocycles. The summed E-state index contributed by atoms with van der Waals surface area (Å²) in [7, 11) is 1.68. The van der Waals surface area contributed by atoms with E-state index in [1.165, 1.54) is 0 Å². The monoisotopic (exact) mass is 237 g/mol. The lowest BCUT2D eigenvalue weighted by atomic mass is 10.1. The van der Waals surface area contributed by atoms with Crippen molar-refractivity contribution in [2.45, 2.75) is 25.9 Å². The molecule has 0 saturated carbocycles. The fraction of sp³-hybridized carbons (Fsp3) is 0.500. The molecule has 0 bridgehead atoms. The Morgan fingerprint density at radius 1 is 1.53 bits per heavy atom. The number of aromatic nitrogens is 1. The molecule has 0 aromatic carbocycles. The van der Waals surface area contributed by atoms with Gasteiger partial charge in [-0.05, 0) is 19.9 Å². The third-order valence-electron chi connectivity index (χ3n) is 2.55. The average molecular weight is 237 g/mol. The molecular weight excluding hydrogens is 218 g/mol. The largest absolute Gasteiger partial charge is 0.478 e. The third kappa shape index (κ3) is 4.40. The number of nitrogens with one attached hydrogen (secondary N) is 1. The van der Waals surface area contributed by atoms with E-state index in [1.807, 2.05) is 13.8 Å². The highest BCUT2D eigenvalue weighted by Gasteiger charge is 2.16. The molecule has 0 spiro atoms. The zero-order valence-corrected chi connectivity index (χ0v) is 10.5. The molecule has 1 aromatic heterocycles. The van der Waals surface area contributed by atoms with Crippen molar-refractivity contribution in [2.24, 2.45) is 5.73 Å². The van der Waals surface area contributed by atoms with Crippen LogP contribution in [0.1, 0.15) is 25.8 Å². The summed E-state index contributed by atoms with van der Waals surface area (Å²) < 4.78 is 10.8. The number of amidine groups is 1. The molecule has 1 aromatic rings. The SMILES string of the molecule is COC(C)(C)CCOc1cc(C(=N)N)ccn1. The second-order valence-electron chi connectivity index (χ2n) is 4.36. The van der Waals surface area contributed by atoms with E-state index in [9.17, 15) is 0 Å². The van der Waals surface area contributed by atoms with Crippen LogP contribution < -0.4 is 10.5 Å². The van der Waals surface area contributed by atoms with Gasteiger partial charge < -0.3 is 15.2 Å². The molecule has 0 fully saturated rings. The van der Waals surface area contributed by atoms with Crippen molar-refractivity contribution in [1.82, 2.24) is 4.98 Å². The summed E-state index contributed by atoms with van der Waals surface area (Å²) in [5.41, 5.74) is 5.78. The first-order valence-electron chi connectivity index (χ1n) is 5.43. The number of nitrogen functional groups attached to an aromatic ring is 1. The Morgan fingerprint density at radius 3 is 2.82 bits per heavy atom. The Bertz CT molecular complexity index is 391. The van der Waals surface area contributed by atoms with E-state index in [4.69, 9.17) is 20.6 Å². The minimum absolute atomic E-state index is 0.00877. The van der Waals surface area contributed by atoms with Crippen LogP contribution in [0.2, 0.25) is 0 Å². The molecule has 5 nitrogen and oxygen atoms in total. The van der Waals surface area contributed by atoms with E-state index in [2.05, 4.69) is 4.98 Å². The van der Waals surface area contributed by atoms with Gasteiger partial charge in [-0.25, -0.2) is 4.98 Å². The molecule has 5 heteroatoms. The van der Waals surface area contributed by atoms with E-state index in [-0.39, 0.29) is 11.4 Å².